The van der Waals surface area contributed by atoms with Gasteiger partial charge in [0.2, 0.25) is 0 Å². The van der Waals surface area contributed by atoms with E-state index in [2.05, 4.69) is 5.32 Å². The number of nitrogens with one attached hydrogen (secondary N) is 1. The van der Waals surface area contributed by atoms with E-state index in [4.69, 9.17) is 4.74 Å². The van der Waals surface area contributed by atoms with Gasteiger partial charge >= 0.3 is 0 Å². The number of aliphatic hydroxyl groups excluding tert-OH is 2. The summed E-state index contributed by atoms with van der Waals surface area (Å²) in [6.07, 6.45) is -1.57. The second-order valence-electron chi connectivity index (χ2n) is 4.95. The normalized spacial score (nSPS) is 22.5. The molecule has 112 valence electrons. The minimum atomic E-state index is -0.785. The van der Waals surface area contributed by atoms with Gasteiger partial charge in [-0.15, -0.1) is 0 Å². The Bertz CT molecular complexity index is 434. The zero-order chi connectivity index (χ0) is 14.5. The molecule has 6 heteroatoms. The molecule has 1 saturated heterocycles. The van der Waals surface area contributed by atoms with Crippen LogP contribution in [-0.2, 0) is 11.3 Å². The van der Waals surface area contributed by atoms with E-state index in [1.807, 2.05) is 4.90 Å². The fraction of sp³-hybridized carbons (Fsp3) is 0.571. The summed E-state index contributed by atoms with van der Waals surface area (Å²) in [5.74, 6) is -0.289. The number of hydrogen-bond acceptors (Lipinski definition) is 5. The monoisotopic (exact) mass is 284 g/mol. The summed E-state index contributed by atoms with van der Waals surface area (Å²) in [6, 6.07) is 4.86. The average Bonchev–Trinajstić information content (AvgIpc) is 2.76. The molecule has 2 rings (SSSR count). The van der Waals surface area contributed by atoms with E-state index in [1.54, 1.807) is 19.2 Å². The second-order valence-corrected chi connectivity index (χ2v) is 4.95. The van der Waals surface area contributed by atoms with Gasteiger partial charge in [-0.05, 0) is 12.1 Å². The number of β-amino-alcohol motifs (C(OH)–C–C–N with tert-alkyl or cyclic N) is 2. The number of ether oxygens (including phenoxy) is 1. The Morgan fingerprint density at radius 1 is 1.35 bits per heavy atom. The number of benzene rings is 1. The molecule has 1 aromatic rings. The van der Waals surface area contributed by atoms with Crippen LogP contribution in [0.25, 0.3) is 0 Å². The van der Waals surface area contributed by atoms with Crippen LogP contribution in [0.3, 0.4) is 0 Å². The van der Waals surface area contributed by atoms with Crippen molar-refractivity contribution in [3.05, 3.63) is 29.6 Å². The van der Waals surface area contributed by atoms with Gasteiger partial charge in [-0.2, -0.15) is 0 Å². The van der Waals surface area contributed by atoms with Gasteiger partial charge in [0, 0.05) is 44.5 Å². The summed E-state index contributed by atoms with van der Waals surface area (Å²) >= 11 is 0. The lowest BCUT2D eigenvalue weighted by Gasteiger charge is -2.22. The predicted octanol–water partition coefficient (Wildman–Crippen LogP) is 0.103. The van der Waals surface area contributed by atoms with Gasteiger partial charge < -0.3 is 25.2 Å². The Kier molecular flexibility index (Phi) is 5.31. The first-order chi connectivity index (χ1) is 9.63. The SMILES string of the molecule is COCCNCc1c(F)cccc1N1CC(O)C(O)C1. The first-order valence-corrected chi connectivity index (χ1v) is 6.71. The minimum absolute atomic E-state index is 0.289. The Hall–Kier alpha value is -1.21. The second kappa shape index (κ2) is 6.99. The van der Waals surface area contributed by atoms with Crippen molar-refractivity contribution >= 4 is 5.69 Å². The molecule has 3 N–H and O–H groups in total. The number of hydrogen-bond donors (Lipinski definition) is 3. The molecule has 0 aromatic heterocycles. The molecule has 0 saturated carbocycles. The van der Waals surface area contributed by atoms with Gasteiger partial charge in [0.25, 0.3) is 0 Å². The van der Waals surface area contributed by atoms with E-state index >= 15 is 0 Å². The molecule has 2 unspecified atom stereocenters. The molecule has 0 bridgehead atoms. The van der Waals surface area contributed by atoms with Crippen LogP contribution in [0.4, 0.5) is 10.1 Å². The highest BCUT2D eigenvalue weighted by molar-refractivity contribution is 5.55. The molecule has 20 heavy (non-hydrogen) atoms. The summed E-state index contributed by atoms with van der Waals surface area (Å²) in [7, 11) is 1.61. The van der Waals surface area contributed by atoms with E-state index in [1.165, 1.54) is 6.07 Å². The van der Waals surface area contributed by atoms with Gasteiger partial charge in [0.05, 0.1) is 18.8 Å². The van der Waals surface area contributed by atoms with Crippen LogP contribution in [0.15, 0.2) is 18.2 Å². The molecule has 0 spiro atoms. The summed E-state index contributed by atoms with van der Waals surface area (Å²) in [6.45, 7) is 2.21. The summed E-state index contributed by atoms with van der Waals surface area (Å²) in [5, 5.41) is 22.3. The largest absolute Gasteiger partial charge is 0.389 e. The number of aliphatic hydroxyl groups is 2. The summed E-state index contributed by atoms with van der Waals surface area (Å²) in [4.78, 5) is 1.81. The van der Waals surface area contributed by atoms with Gasteiger partial charge in [0.1, 0.15) is 5.82 Å². The fourth-order valence-corrected chi connectivity index (χ4v) is 2.37. The van der Waals surface area contributed by atoms with Crippen molar-refractivity contribution in [1.82, 2.24) is 5.32 Å². The molecule has 2 atom stereocenters. The third kappa shape index (κ3) is 3.46. The third-order valence-corrected chi connectivity index (χ3v) is 3.48. The lowest BCUT2D eigenvalue weighted by Crippen LogP contribution is -2.25. The highest BCUT2D eigenvalue weighted by atomic mass is 19.1. The van der Waals surface area contributed by atoms with Crippen LogP contribution < -0.4 is 10.2 Å². The molecule has 1 aliphatic rings. The van der Waals surface area contributed by atoms with Crippen molar-refractivity contribution < 1.29 is 19.3 Å². The molecule has 5 nitrogen and oxygen atoms in total. The first-order valence-electron chi connectivity index (χ1n) is 6.71. The van der Waals surface area contributed by atoms with Gasteiger partial charge in [-0.1, -0.05) is 6.07 Å². The van der Waals surface area contributed by atoms with Crippen molar-refractivity contribution in [1.29, 1.82) is 0 Å². The van der Waals surface area contributed by atoms with E-state index in [9.17, 15) is 14.6 Å². The first kappa shape index (κ1) is 15.2. The fourth-order valence-electron chi connectivity index (χ4n) is 2.37. The zero-order valence-corrected chi connectivity index (χ0v) is 11.6. The molecule has 1 aromatic carbocycles. The molecule has 1 heterocycles. The van der Waals surface area contributed by atoms with Gasteiger partial charge in [-0.25, -0.2) is 4.39 Å². The average molecular weight is 284 g/mol. The Labute approximate surface area is 118 Å². The summed E-state index contributed by atoms with van der Waals surface area (Å²) in [5.41, 5.74) is 1.26. The molecule has 0 aliphatic carbocycles. The lowest BCUT2D eigenvalue weighted by molar-refractivity contribution is 0.0572. The number of rotatable bonds is 6. The molecular formula is C14H21FN2O3. The molecule has 1 aliphatic heterocycles. The number of nitrogens with zero attached hydrogens (tertiary/aromatic N) is 1. The maximum Gasteiger partial charge on any atom is 0.129 e. The predicted molar refractivity (Wildman–Crippen MR) is 74.2 cm³/mol. The van der Waals surface area contributed by atoms with Crippen LogP contribution >= 0.6 is 0 Å². The van der Waals surface area contributed by atoms with Crippen molar-refractivity contribution in [3.63, 3.8) is 0 Å². The van der Waals surface area contributed by atoms with E-state index < -0.39 is 12.2 Å². The van der Waals surface area contributed by atoms with E-state index in [0.717, 1.165) is 0 Å². The zero-order valence-electron chi connectivity index (χ0n) is 11.6. The van der Waals surface area contributed by atoms with Crippen LogP contribution in [-0.4, -0.2) is 55.8 Å². The number of methoxy groups -OCH3 is 1. The van der Waals surface area contributed by atoms with Crippen molar-refractivity contribution in [2.45, 2.75) is 18.8 Å². The molecule has 0 radical (unpaired) electrons. The Morgan fingerprint density at radius 2 is 2.05 bits per heavy atom. The number of anilines is 1. The highest BCUT2D eigenvalue weighted by Gasteiger charge is 2.31. The summed E-state index contributed by atoms with van der Waals surface area (Å²) < 4.78 is 18.9. The smallest absolute Gasteiger partial charge is 0.129 e. The molecule has 1 fully saturated rings. The van der Waals surface area contributed by atoms with Crippen LogP contribution in [0.2, 0.25) is 0 Å². The van der Waals surface area contributed by atoms with Crippen molar-refractivity contribution in [2.24, 2.45) is 0 Å². The van der Waals surface area contributed by atoms with Crippen molar-refractivity contribution in [2.75, 3.05) is 38.3 Å². The maximum atomic E-state index is 14.0. The quantitative estimate of drug-likeness (QED) is 0.647. The third-order valence-electron chi connectivity index (χ3n) is 3.48. The standard InChI is InChI=1S/C14H21FN2O3/c1-20-6-5-16-7-10-11(15)3-2-4-12(10)17-8-13(18)14(19)9-17/h2-4,13-14,16,18-19H,5-9H2,1H3. The lowest BCUT2D eigenvalue weighted by atomic mass is 10.1. The van der Waals surface area contributed by atoms with Crippen LogP contribution in [0.1, 0.15) is 5.56 Å². The number of halogens is 1. The van der Waals surface area contributed by atoms with E-state index in [-0.39, 0.29) is 5.82 Å². The van der Waals surface area contributed by atoms with Gasteiger partial charge in [0.15, 0.2) is 0 Å². The van der Waals surface area contributed by atoms with Crippen LogP contribution in [0, 0.1) is 5.82 Å². The topological polar surface area (TPSA) is 65.0 Å². The Morgan fingerprint density at radius 3 is 2.70 bits per heavy atom. The van der Waals surface area contributed by atoms with E-state index in [0.29, 0.717) is 44.0 Å². The minimum Gasteiger partial charge on any atom is -0.389 e. The van der Waals surface area contributed by atoms with Crippen LogP contribution in [0.5, 0.6) is 0 Å². The molecular weight excluding hydrogens is 263 g/mol. The maximum absolute atomic E-state index is 14.0. The Balaban J connectivity index is 2.10. The van der Waals surface area contributed by atoms with Crippen molar-refractivity contribution in [3.8, 4) is 0 Å². The van der Waals surface area contributed by atoms with Gasteiger partial charge in [-0.3, -0.25) is 0 Å². The highest BCUT2D eigenvalue weighted by Crippen LogP contribution is 2.26. The molecule has 0 amide bonds.